The fourth-order valence-corrected chi connectivity index (χ4v) is 2.42. The van der Waals surface area contributed by atoms with Crippen LogP contribution in [0.2, 0.25) is 0 Å². The molecule has 4 aromatic rings. The highest BCUT2D eigenvalue weighted by molar-refractivity contribution is 5.84. The number of hydrogen-bond donors (Lipinski definition) is 1. The molecule has 0 saturated heterocycles. The zero-order valence-electron chi connectivity index (χ0n) is 10.9. The summed E-state index contributed by atoms with van der Waals surface area (Å²) in [5.74, 6) is 0.500. The number of anilines is 1. The van der Waals surface area contributed by atoms with Crippen LogP contribution >= 0.6 is 0 Å². The lowest BCUT2D eigenvalue weighted by Crippen LogP contribution is -1.96. The van der Waals surface area contributed by atoms with E-state index in [-0.39, 0.29) is 0 Å². The third kappa shape index (κ3) is 1.55. The van der Waals surface area contributed by atoms with Crippen molar-refractivity contribution in [3.05, 3.63) is 42.9 Å². The fraction of sp³-hybridized carbons (Fsp3) is 0.0714. The third-order valence-electron chi connectivity index (χ3n) is 3.32. The van der Waals surface area contributed by atoms with E-state index in [0.29, 0.717) is 5.82 Å². The number of benzene rings is 1. The summed E-state index contributed by atoms with van der Waals surface area (Å²) in [7, 11) is 1.91. The molecule has 6 nitrogen and oxygen atoms in total. The van der Waals surface area contributed by atoms with Gasteiger partial charge in [0.25, 0.3) is 0 Å². The number of fused-ring (bicyclic) bond motifs is 2. The van der Waals surface area contributed by atoms with Gasteiger partial charge in [0.1, 0.15) is 5.82 Å². The zero-order chi connectivity index (χ0) is 13.7. The van der Waals surface area contributed by atoms with Crippen LogP contribution < -0.4 is 5.73 Å². The van der Waals surface area contributed by atoms with E-state index in [1.807, 2.05) is 36.1 Å². The lowest BCUT2D eigenvalue weighted by Gasteiger charge is -2.03. The number of nitrogens with zero attached hydrogens (tertiary/aromatic N) is 5. The highest BCUT2D eigenvalue weighted by atomic mass is 15.3. The SMILES string of the molecule is Cn1cc2cc(-n3ncc4cc(N)ncc43)ccc2n1. The minimum atomic E-state index is 0.500. The van der Waals surface area contributed by atoms with E-state index in [1.165, 1.54) is 0 Å². The topological polar surface area (TPSA) is 74.5 Å². The predicted octanol–water partition coefficient (Wildman–Crippen LogP) is 1.89. The van der Waals surface area contributed by atoms with E-state index in [0.717, 1.165) is 27.5 Å². The summed E-state index contributed by atoms with van der Waals surface area (Å²) < 4.78 is 3.66. The van der Waals surface area contributed by atoms with Crippen molar-refractivity contribution < 1.29 is 0 Å². The van der Waals surface area contributed by atoms with Gasteiger partial charge in [0.05, 0.1) is 29.1 Å². The standard InChI is InChI=1S/C14H12N6/c1-19-8-10-4-11(2-3-12(10)18-19)20-13-7-16-14(15)5-9(13)6-17-20/h2-8H,1H3,(H2,15,16). The van der Waals surface area contributed by atoms with Gasteiger partial charge in [-0.1, -0.05) is 0 Å². The molecule has 20 heavy (non-hydrogen) atoms. The smallest absolute Gasteiger partial charge is 0.124 e. The molecule has 0 aliphatic heterocycles. The van der Waals surface area contributed by atoms with Crippen LogP contribution in [0.25, 0.3) is 27.5 Å². The summed E-state index contributed by atoms with van der Waals surface area (Å²) >= 11 is 0. The minimum Gasteiger partial charge on any atom is -0.384 e. The Bertz CT molecular complexity index is 933. The van der Waals surface area contributed by atoms with Crippen molar-refractivity contribution >= 4 is 27.6 Å². The summed E-state index contributed by atoms with van der Waals surface area (Å²) in [6, 6.07) is 7.87. The first-order chi connectivity index (χ1) is 9.70. The lowest BCUT2D eigenvalue weighted by atomic mass is 10.2. The Morgan fingerprint density at radius 1 is 1.10 bits per heavy atom. The van der Waals surface area contributed by atoms with E-state index >= 15 is 0 Å². The molecule has 0 radical (unpaired) electrons. The molecule has 0 amide bonds. The number of aromatic nitrogens is 5. The van der Waals surface area contributed by atoms with Crippen LogP contribution in [-0.2, 0) is 7.05 Å². The number of aryl methyl sites for hydroxylation is 1. The second-order valence-corrected chi connectivity index (χ2v) is 4.77. The summed E-state index contributed by atoms with van der Waals surface area (Å²) in [4.78, 5) is 4.13. The Morgan fingerprint density at radius 2 is 2.00 bits per heavy atom. The van der Waals surface area contributed by atoms with E-state index in [1.54, 1.807) is 17.1 Å². The molecule has 98 valence electrons. The summed E-state index contributed by atoms with van der Waals surface area (Å²) in [6.45, 7) is 0. The second kappa shape index (κ2) is 3.80. The molecule has 0 aliphatic carbocycles. The van der Waals surface area contributed by atoms with E-state index < -0.39 is 0 Å². The maximum Gasteiger partial charge on any atom is 0.124 e. The van der Waals surface area contributed by atoms with E-state index in [9.17, 15) is 0 Å². The van der Waals surface area contributed by atoms with Gasteiger partial charge < -0.3 is 5.73 Å². The van der Waals surface area contributed by atoms with Gasteiger partial charge in [-0.25, -0.2) is 9.67 Å². The summed E-state index contributed by atoms with van der Waals surface area (Å²) in [5, 5.41) is 10.8. The Morgan fingerprint density at radius 3 is 2.90 bits per heavy atom. The van der Waals surface area contributed by atoms with Gasteiger partial charge in [0, 0.05) is 24.0 Å². The molecule has 0 aliphatic rings. The van der Waals surface area contributed by atoms with Gasteiger partial charge in [-0.2, -0.15) is 10.2 Å². The van der Waals surface area contributed by atoms with Crippen LogP contribution in [0.5, 0.6) is 0 Å². The second-order valence-electron chi connectivity index (χ2n) is 4.77. The Labute approximate surface area is 114 Å². The van der Waals surface area contributed by atoms with Crippen LogP contribution in [0, 0.1) is 0 Å². The number of rotatable bonds is 1. The summed E-state index contributed by atoms with van der Waals surface area (Å²) in [6.07, 6.45) is 5.52. The first-order valence-corrected chi connectivity index (χ1v) is 6.24. The third-order valence-corrected chi connectivity index (χ3v) is 3.32. The van der Waals surface area contributed by atoms with Crippen molar-refractivity contribution in [2.24, 2.45) is 7.05 Å². The van der Waals surface area contributed by atoms with Gasteiger partial charge in [0.2, 0.25) is 0 Å². The predicted molar refractivity (Wildman–Crippen MR) is 77.5 cm³/mol. The van der Waals surface area contributed by atoms with Crippen molar-refractivity contribution in [3.63, 3.8) is 0 Å². The van der Waals surface area contributed by atoms with Gasteiger partial charge in [-0.15, -0.1) is 0 Å². The largest absolute Gasteiger partial charge is 0.384 e. The Kier molecular flexibility index (Phi) is 2.09. The molecule has 0 spiro atoms. The van der Waals surface area contributed by atoms with E-state index in [2.05, 4.69) is 21.2 Å². The average Bonchev–Trinajstić information content (AvgIpc) is 2.99. The summed E-state index contributed by atoms with van der Waals surface area (Å²) in [5.41, 5.74) is 8.57. The number of hydrogen-bond acceptors (Lipinski definition) is 4. The number of pyridine rings is 1. The maximum atomic E-state index is 5.69. The Hall–Kier alpha value is -2.89. The molecule has 0 fully saturated rings. The van der Waals surface area contributed by atoms with Crippen LogP contribution in [0.1, 0.15) is 0 Å². The van der Waals surface area contributed by atoms with Gasteiger partial charge in [0.15, 0.2) is 0 Å². The molecule has 3 aromatic heterocycles. The molecule has 2 N–H and O–H groups in total. The molecule has 4 rings (SSSR count). The normalized spacial score (nSPS) is 11.4. The van der Waals surface area contributed by atoms with Crippen molar-refractivity contribution in [1.82, 2.24) is 24.5 Å². The highest BCUT2D eigenvalue weighted by Crippen LogP contribution is 2.21. The minimum absolute atomic E-state index is 0.500. The fourth-order valence-electron chi connectivity index (χ4n) is 2.42. The van der Waals surface area contributed by atoms with Crippen LogP contribution in [-0.4, -0.2) is 24.5 Å². The van der Waals surface area contributed by atoms with Gasteiger partial charge in [-0.05, 0) is 24.3 Å². The van der Waals surface area contributed by atoms with Crippen LogP contribution in [0.4, 0.5) is 5.82 Å². The van der Waals surface area contributed by atoms with Crippen molar-refractivity contribution in [2.45, 2.75) is 0 Å². The highest BCUT2D eigenvalue weighted by Gasteiger charge is 2.07. The van der Waals surface area contributed by atoms with Crippen molar-refractivity contribution in [3.8, 4) is 5.69 Å². The molecular formula is C14H12N6. The van der Waals surface area contributed by atoms with E-state index in [4.69, 9.17) is 5.73 Å². The van der Waals surface area contributed by atoms with Gasteiger partial charge >= 0.3 is 0 Å². The molecule has 6 heteroatoms. The van der Waals surface area contributed by atoms with Crippen molar-refractivity contribution in [2.75, 3.05) is 5.73 Å². The molecule has 0 unspecified atom stereocenters. The zero-order valence-corrected chi connectivity index (χ0v) is 10.9. The molecule has 3 heterocycles. The molecule has 0 saturated carbocycles. The van der Waals surface area contributed by atoms with Crippen LogP contribution in [0.15, 0.2) is 42.9 Å². The monoisotopic (exact) mass is 264 g/mol. The molecule has 0 bridgehead atoms. The lowest BCUT2D eigenvalue weighted by molar-refractivity contribution is 0.780. The quantitative estimate of drug-likeness (QED) is 0.569. The molecule has 1 aromatic carbocycles. The average molecular weight is 264 g/mol. The Balaban J connectivity index is 1.95. The first kappa shape index (κ1) is 11.0. The molecule has 0 atom stereocenters. The molecular weight excluding hydrogens is 252 g/mol. The maximum absolute atomic E-state index is 5.69. The number of nitrogen functional groups attached to an aromatic ring is 1. The number of nitrogens with two attached hydrogens (primary N) is 1. The van der Waals surface area contributed by atoms with Crippen LogP contribution in [0.3, 0.4) is 0 Å². The van der Waals surface area contributed by atoms with Crippen molar-refractivity contribution in [1.29, 1.82) is 0 Å². The van der Waals surface area contributed by atoms with Gasteiger partial charge in [-0.3, -0.25) is 4.68 Å². The first-order valence-electron chi connectivity index (χ1n) is 6.24.